The third kappa shape index (κ3) is 8.69. The van der Waals surface area contributed by atoms with Gasteiger partial charge in [0, 0.05) is 51.5 Å². The molecule has 0 unspecified atom stereocenters. The molecule has 1 aliphatic heterocycles. The van der Waals surface area contributed by atoms with Crippen molar-refractivity contribution in [3.8, 4) is 0 Å². The number of carbonyl (C=O) groups excluding carboxylic acids is 2. The minimum absolute atomic E-state index is 0.0365. The van der Waals surface area contributed by atoms with Gasteiger partial charge in [-0.25, -0.2) is 4.79 Å². The minimum atomic E-state index is -0.505. The van der Waals surface area contributed by atoms with Gasteiger partial charge in [-0.15, -0.1) is 0 Å². The fourth-order valence-electron chi connectivity index (χ4n) is 3.51. The quantitative estimate of drug-likeness (QED) is 0.747. The molecule has 2 heterocycles. The molecule has 0 bridgehead atoms. The zero-order valence-electron chi connectivity index (χ0n) is 17.5. The van der Waals surface area contributed by atoms with Crippen LogP contribution < -0.4 is 10.6 Å². The summed E-state index contributed by atoms with van der Waals surface area (Å²) in [6.07, 6.45) is 6.02. The molecule has 0 spiro atoms. The van der Waals surface area contributed by atoms with E-state index in [1.54, 1.807) is 13.1 Å². The Balaban J connectivity index is 1.89. The highest BCUT2D eigenvalue weighted by molar-refractivity contribution is 5.73. The Labute approximate surface area is 168 Å². The maximum absolute atomic E-state index is 12.1. The van der Waals surface area contributed by atoms with Gasteiger partial charge in [-0.1, -0.05) is 6.07 Å². The maximum Gasteiger partial charge on any atom is 0.407 e. The molecule has 0 aliphatic carbocycles. The average Bonchev–Trinajstić information content (AvgIpc) is 2.60. The third-order valence-corrected chi connectivity index (χ3v) is 4.69. The van der Waals surface area contributed by atoms with E-state index in [9.17, 15) is 9.59 Å². The monoisotopic (exact) mass is 390 g/mol. The van der Waals surface area contributed by atoms with E-state index >= 15 is 0 Å². The third-order valence-electron chi connectivity index (χ3n) is 4.69. The molecule has 0 radical (unpaired) electrons. The lowest BCUT2D eigenvalue weighted by Crippen LogP contribution is -2.46. The number of likely N-dealkylation sites (tertiary alicyclic amines) is 1. The van der Waals surface area contributed by atoms with Gasteiger partial charge in [-0.05, 0) is 57.6 Å². The van der Waals surface area contributed by atoms with Crippen molar-refractivity contribution in [1.82, 2.24) is 20.5 Å². The Bertz CT molecular complexity index is 622. The van der Waals surface area contributed by atoms with Gasteiger partial charge in [0.1, 0.15) is 5.60 Å². The largest absolute Gasteiger partial charge is 0.444 e. The Morgan fingerprint density at radius 1 is 1.32 bits per heavy atom. The molecule has 1 saturated heterocycles. The number of amides is 2. The number of rotatable bonds is 7. The average molecular weight is 391 g/mol. The van der Waals surface area contributed by atoms with E-state index < -0.39 is 5.60 Å². The zero-order chi connectivity index (χ0) is 20.6. The number of alkyl carbamates (subject to hydrolysis) is 1. The summed E-state index contributed by atoms with van der Waals surface area (Å²) in [5, 5.41) is 5.93. The second-order valence-corrected chi connectivity index (χ2v) is 8.59. The summed E-state index contributed by atoms with van der Waals surface area (Å²) in [6, 6.07) is 4.27. The molecule has 1 aromatic heterocycles. The summed E-state index contributed by atoms with van der Waals surface area (Å²) in [5.41, 5.74) is 0.653. The van der Waals surface area contributed by atoms with Gasteiger partial charge in [0.2, 0.25) is 5.91 Å². The Hall–Kier alpha value is -2.15. The molecule has 1 aromatic rings. The molecule has 7 heteroatoms. The molecule has 7 nitrogen and oxygen atoms in total. The molecule has 0 aromatic carbocycles. The highest BCUT2D eigenvalue weighted by Crippen LogP contribution is 2.15. The minimum Gasteiger partial charge on any atom is -0.444 e. The van der Waals surface area contributed by atoms with Crippen molar-refractivity contribution in [3.05, 3.63) is 30.1 Å². The van der Waals surface area contributed by atoms with E-state index in [0.29, 0.717) is 6.54 Å². The van der Waals surface area contributed by atoms with Crippen LogP contribution in [0.4, 0.5) is 4.79 Å². The zero-order valence-corrected chi connectivity index (χ0v) is 17.5. The smallest absolute Gasteiger partial charge is 0.407 e. The van der Waals surface area contributed by atoms with E-state index in [-0.39, 0.29) is 24.0 Å². The van der Waals surface area contributed by atoms with E-state index in [2.05, 4.69) is 26.6 Å². The summed E-state index contributed by atoms with van der Waals surface area (Å²) in [6.45, 7) is 10.5. The normalized spacial score (nSPS) is 17.0. The number of hydrogen-bond donors (Lipinski definition) is 2. The second-order valence-electron chi connectivity index (χ2n) is 8.59. The predicted octanol–water partition coefficient (Wildman–Crippen LogP) is 2.37. The van der Waals surface area contributed by atoms with Crippen LogP contribution in [0.3, 0.4) is 0 Å². The number of carbonyl (C=O) groups is 2. The Morgan fingerprint density at radius 3 is 2.61 bits per heavy atom. The summed E-state index contributed by atoms with van der Waals surface area (Å²) >= 11 is 0. The van der Waals surface area contributed by atoms with Gasteiger partial charge in [0.05, 0.1) is 0 Å². The molecule has 2 amide bonds. The van der Waals surface area contributed by atoms with Gasteiger partial charge >= 0.3 is 6.09 Å². The first-order chi connectivity index (χ1) is 13.2. The van der Waals surface area contributed by atoms with Crippen molar-refractivity contribution in [2.45, 2.75) is 58.6 Å². The standard InChI is InChI=1S/C21H34N4O3/c1-16(26)24-19-7-10-25(11-8-19)15-18(12-17-6-5-9-22-13-17)14-23-20(27)28-21(2,3)4/h5-6,9,13,18-19H,7-8,10-12,14-15H2,1-4H3,(H,23,27)(H,24,26)/t18-/m1/s1. The van der Waals surface area contributed by atoms with E-state index in [1.807, 2.05) is 33.0 Å². The van der Waals surface area contributed by atoms with E-state index in [1.165, 1.54) is 0 Å². The van der Waals surface area contributed by atoms with Gasteiger partial charge < -0.3 is 20.3 Å². The van der Waals surface area contributed by atoms with Gasteiger partial charge in [-0.3, -0.25) is 9.78 Å². The van der Waals surface area contributed by atoms with Crippen molar-refractivity contribution in [3.63, 3.8) is 0 Å². The summed E-state index contributed by atoms with van der Waals surface area (Å²) < 4.78 is 5.36. The van der Waals surface area contributed by atoms with Crippen LogP contribution in [0.15, 0.2) is 24.5 Å². The molecule has 0 saturated carbocycles. The highest BCUT2D eigenvalue weighted by atomic mass is 16.6. The van der Waals surface area contributed by atoms with Crippen LogP contribution in [0.25, 0.3) is 0 Å². The van der Waals surface area contributed by atoms with Gasteiger partial charge in [-0.2, -0.15) is 0 Å². The summed E-state index contributed by atoms with van der Waals surface area (Å²) in [7, 11) is 0. The molecular weight excluding hydrogens is 356 g/mol. The molecule has 1 atom stereocenters. The first kappa shape index (κ1) is 22.1. The molecule has 2 rings (SSSR count). The summed E-state index contributed by atoms with van der Waals surface area (Å²) in [5.74, 6) is 0.295. The fourth-order valence-corrected chi connectivity index (χ4v) is 3.51. The maximum atomic E-state index is 12.1. The second kappa shape index (κ2) is 10.4. The number of ether oxygens (including phenoxy) is 1. The molecular formula is C21H34N4O3. The van der Waals surface area contributed by atoms with Crippen LogP contribution in [0.5, 0.6) is 0 Å². The first-order valence-electron chi connectivity index (χ1n) is 10.1. The topological polar surface area (TPSA) is 83.6 Å². The SMILES string of the molecule is CC(=O)NC1CCN(C[C@@H](CNC(=O)OC(C)(C)C)Cc2cccnc2)CC1. The Kier molecular flexibility index (Phi) is 8.23. The number of nitrogens with zero attached hydrogens (tertiary/aromatic N) is 2. The number of nitrogens with one attached hydrogen (secondary N) is 2. The number of piperidine rings is 1. The molecule has 1 fully saturated rings. The highest BCUT2D eigenvalue weighted by Gasteiger charge is 2.23. The van der Waals surface area contributed by atoms with E-state index in [4.69, 9.17) is 4.74 Å². The lowest BCUT2D eigenvalue weighted by atomic mass is 9.97. The van der Waals surface area contributed by atoms with Crippen LogP contribution in [0, 0.1) is 5.92 Å². The van der Waals surface area contributed by atoms with Crippen molar-refractivity contribution in [2.75, 3.05) is 26.2 Å². The van der Waals surface area contributed by atoms with Crippen LogP contribution >= 0.6 is 0 Å². The number of aromatic nitrogens is 1. The molecule has 28 heavy (non-hydrogen) atoms. The lowest BCUT2D eigenvalue weighted by molar-refractivity contribution is -0.120. The van der Waals surface area contributed by atoms with Gasteiger partial charge in [0.15, 0.2) is 0 Å². The molecule has 2 N–H and O–H groups in total. The molecule has 156 valence electrons. The van der Waals surface area contributed by atoms with Crippen molar-refractivity contribution in [1.29, 1.82) is 0 Å². The molecule has 1 aliphatic rings. The van der Waals surface area contributed by atoms with E-state index in [0.717, 1.165) is 44.5 Å². The van der Waals surface area contributed by atoms with Crippen molar-refractivity contribution >= 4 is 12.0 Å². The summed E-state index contributed by atoms with van der Waals surface area (Å²) in [4.78, 5) is 29.9. The predicted molar refractivity (Wildman–Crippen MR) is 109 cm³/mol. The number of hydrogen-bond acceptors (Lipinski definition) is 5. The Morgan fingerprint density at radius 2 is 2.04 bits per heavy atom. The van der Waals surface area contributed by atoms with Crippen LogP contribution in [-0.2, 0) is 16.0 Å². The number of pyridine rings is 1. The van der Waals surface area contributed by atoms with Crippen LogP contribution in [-0.4, -0.2) is 59.7 Å². The van der Waals surface area contributed by atoms with Crippen LogP contribution in [0.2, 0.25) is 0 Å². The van der Waals surface area contributed by atoms with Crippen molar-refractivity contribution < 1.29 is 14.3 Å². The van der Waals surface area contributed by atoms with Crippen LogP contribution in [0.1, 0.15) is 46.1 Å². The first-order valence-corrected chi connectivity index (χ1v) is 10.1. The lowest BCUT2D eigenvalue weighted by Gasteiger charge is -2.34. The van der Waals surface area contributed by atoms with Gasteiger partial charge in [0.25, 0.3) is 0 Å². The fraction of sp³-hybridized carbons (Fsp3) is 0.667. The van der Waals surface area contributed by atoms with Crippen molar-refractivity contribution in [2.24, 2.45) is 5.92 Å².